The van der Waals surface area contributed by atoms with Crippen LogP contribution in [-0.4, -0.2) is 38.2 Å². The summed E-state index contributed by atoms with van der Waals surface area (Å²) in [6.45, 7) is 1.86. The van der Waals surface area contributed by atoms with Crippen LogP contribution in [0.2, 0.25) is 0 Å². The molecule has 1 radical (unpaired) electrons. The molecule has 0 bridgehead atoms. The minimum atomic E-state index is 0. The molecule has 129 valence electrons. The summed E-state index contributed by atoms with van der Waals surface area (Å²) in [5.41, 5.74) is 0.889. The van der Waals surface area contributed by atoms with Crippen LogP contribution in [0.5, 0.6) is 0 Å². The van der Waals surface area contributed by atoms with E-state index in [9.17, 15) is 0 Å². The fourth-order valence-electron chi connectivity index (χ4n) is 1.89. The number of aromatic nitrogens is 4. The number of pyridine rings is 1. The molecule has 1 aliphatic rings. The fourth-order valence-corrected chi connectivity index (χ4v) is 1.89. The molecule has 0 amide bonds. The Kier molecular flexibility index (Phi) is 7.13. The van der Waals surface area contributed by atoms with Crippen molar-refractivity contribution in [1.29, 1.82) is 0 Å². The number of hydrogen-bond acceptors (Lipinski definition) is 7. The van der Waals surface area contributed by atoms with Crippen molar-refractivity contribution in [3.05, 3.63) is 74.1 Å². The van der Waals surface area contributed by atoms with E-state index < -0.39 is 0 Å². The first-order valence-corrected chi connectivity index (χ1v) is 7.23. The van der Waals surface area contributed by atoms with Gasteiger partial charge in [-0.3, -0.25) is 9.97 Å². The Labute approximate surface area is 159 Å². The normalized spacial score (nSPS) is 12.2. The van der Waals surface area contributed by atoms with Crippen LogP contribution in [0.15, 0.2) is 66.4 Å². The molecule has 0 unspecified atom stereocenters. The zero-order valence-corrected chi connectivity index (χ0v) is 15.8. The van der Waals surface area contributed by atoms with E-state index in [2.05, 4.69) is 31.1 Å². The topological polar surface area (TPSA) is 70.4 Å². The average Bonchev–Trinajstić information content (AvgIpc) is 3.11. The van der Waals surface area contributed by atoms with E-state index in [0.717, 1.165) is 11.4 Å². The van der Waals surface area contributed by atoms with Gasteiger partial charge in [-0.2, -0.15) is 5.10 Å². The quantitative estimate of drug-likeness (QED) is 0.494. The molecule has 3 aromatic rings. The Bertz CT molecular complexity index is 731. The van der Waals surface area contributed by atoms with Gasteiger partial charge in [-0.25, -0.2) is 9.97 Å². The van der Waals surface area contributed by atoms with Crippen LogP contribution in [0.25, 0.3) is 11.4 Å². The van der Waals surface area contributed by atoms with Gasteiger partial charge in [0.05, 0.1) is 12.2 Å². The van der Waals surface area contributed by atoms with Crippen LogP contribution < -0.4 is 5.01 Å². The average molecular weight is 510 g/mol. The number of rotatable bonds is 2. The predicted molar refractivity (Wildman–Crippen MR) is 91.4 cm³/mol. The number of benzene rings is 1. The number of hydrazone groups is 1. The van der Waals surface area contributed by atoms with E-state index in [1.54, 1.807) is 17.5 Å². The van der Waals surface area contributed by atoms with Crippen molar-refractivity contribution >= 4 is 12.2 Å². The van der Waals surface area contributed by atoms with Crippen molar-refractivity contribution in [2.45, 2.75) is 0 Å². The summed E-state index contributed by atoms with van der Waals surface area (Å²) < 4.78 is 0. The third-order valence-corrected chi connectivity index (χ3v) is 2.98. The third-order valence-electron chi connectivity index (χ3n) is 2.98. The van der Waals surface area contributed by atoms with Crippen molar-refractivity contribution in [3.63, 3.8) is 0 Å². The maximum atomic E-state index is 4.15. The molecule has 1 aliphatic heterocycles. The van der Waals surface area contributed by atoms with Gasteiger partial charge in [-0.15, -0.1) is 42.6 Å². The van der Waals surface area contributed by atoms with Crippen molar-refractivity contribution < 1.29 is 20.1 Å². The van der Waals surface area contributed by atoms with Crippen molar-refractivity contribution in [2.75, 3.05) is 12.1 Å². The van der Waals surface area contributed by atoms with Gasteiger partial charge in [0.15, 0.2) is 0 Å². The molecule has 0 aliphatic carbocycles. The van der Waals surface area contributed by atoms with E-state index in [1.165, 1.54) is 12.7 Å². The smallest absolute Gasteiger partial charge is 0.120 e. The van der Waals surface area contributed by atoms with Crippen LogP contribution in [0.3, 0.4) is 0 Å². The second-order valence-corrected chi connectivity index (χ2v) is 4.78. The largest absolute Gasteiger partial charge is 0.493 e. The van der Waals surface area contributed by atoms with Gasteiger partial charge in [0.2, 0.25) is 0 Å². The summed E-state index contributed by atoms with van der Waals surface area (Å²) in [5, 5.41) is 5.83. The van der Waals surface area contributed by atoms with Gasteiger partial charge in [0.1, 0.15) is 18.5 Å². The summed E-state index contributed by atoms with van der Waals surface area (Å²) in [7, 11) is 1.92. The molecule has 1 aromatic carbocycles. The van der Waals surface area contributed by atoms with Crippen LogP contribution in [-0.2, 0) is 20.1 Å². The first-order valence-electron chi connectivity index (χ1n) is 7.23. The summed E-state index contributed by atoms with van der Waals surface area (Å²) in [5.74, 6) is 1.49. The summed E-state index contributed by atoms with van der Waals surface area (Å²) in [6.07, 6.45) is 6.43. The molecule has 4 rings (SSSR count). The van der Waals surface area contributed by atoms with Crippen LogP contribution >= 0.6 is 0 Å². The number of nitrogens with zero attached hydrogens (tertiary/aromatic N) is 7. The van der Waals surface area contributed by atoms with Crippen LogP contribution in [0.1, 0.15) is 0 Å². The van der Waals surface area contributed by atoms with Crippen LogP contribution in [0, 0.1) is 12.7 Å². The first kappa shape index (κ1) is 18.6. The summed E-state index contributed by atoms with van der Waals surface area (Å²) in [6, 6.07) is 16.3. The van der Waals surface area contributed by atoms with Crippen LogP contribution in [0.4, 0.5) is 5.82 Å². The van der Waals surface area contributed by atoms with Gasteiger partial charge in [-0.05, 0) is 19.2 Å². The zero-order valence-electron chi connectivity index (χ0n) is 13.4. The summed E-state index contributed by atoms with van der Waals surface area (Å²) >= 11 is 0. The molecule has 0 saturated heterocycles. The van der Waals surface area contributed by atoms with Gasteiger partial charge in [0, 0.05) is 26.3 Å². The van der Waals surface area contributed by atoms with Gasteiger partial charge in [0.25, 0.3) is 0 Å². The Morgan fingerprint density at radius 3 is 2.40 bits per heavy atom. The second kappa shape index (κ2) is 9.56. The fraction of sp³-hybridized carbons (Fsp3) is 0.0588. The molecule has 3 heterocycles. The number of anilines is 1. The third kappa shape index (κ3) is 5.41. The molecule has 2 aromatic heterocycles. The molecular weight excluding hydrogens is 494 g/mol. The molecule has 0 fully saturated rings. The zero-order chi connectivity index (χ0) is 16.6. The monoisotopic (exact) mass is 510 g/mol. The van der Waals surface area contributed by atoms with Crippen molar-refractivity contribution in [1.82, 2.24) is 24.8 Å². The van der Waals surface area contributed by atoms with E-state index in [1.807, 2.05) is 61.1 Å². The molecule has 0 spiro atoms. The minimum absolute atomic E-state index is 0. The standard InChI is InChI=1S/C9H6N3.C8H9N4.Ir/c1-2-4-8(5-3-1)9-11-6-10-7-12-9;1-11-6-10-12(7-11)8-4-2-3-5-9-8;/h1-4,6-7H;2-7H,1H3;/q2*-1;. The minimum Gasteiger partial charge on any atom is -0.493 e. The van der Waals surface area contributed by atoms with Gasteiger partial charge in [-0.1, -0.05) is 6.07 Å². The SMILES string of the molecule is CN1C=NN(c2ccccn2)[CH-]1.[Ir].[c-]1ccccc1-c1ncncn1. The van der Waals surface area contributed by atoms with Gasteiger partial charge >= 0.3 is 0 Å². The van der Waals surface area contributed by atoms with Crippen molar-refractivity contribution in [2.24, 2.45) is 5.10 Å². The van der Waals surface area contributed by atoms with E-state index in [4.69, 9.17) is 0 Å². The molecule has 25 heavy (non-hydrogen) atoms. The molecular formula is C17H15IrN7-2. The first-order chi connectivity index (χ1) is 11.8. The molecule has 0 N–H and O–H groups in total. The molecule has 0 saturated carbocycles. The maximum absolute atomic E-state index is 4.15. The van der Waals surface area contributed by atoms with Crippen molar-refractivity contribution in [3.8, 4) is 11.4 Å². The predicted octanol–water partition coefficient (Wildman–Crippen LogP) is 2.23. The second-order valence-electron chi connectivity index (χ2n) is 4.78. The Balaban J connectivity index is 0.000000173. The Hall–Kier alpha value is -2.70. The Morgan fingerprint density at radius 2 is 1.80 bits per heavy atom. The molecule has 0 atom stereocenters. The molecule has 8 heteroatoms. The maximum Gasteiger partial charge on any atom is 0.120 e. The van der Waals surface area contributed by atoms with E-state index in [-0.39, 0.29) is 20.1 Å². The summed E-state index contributed by atoms with van der Waals surface area (Å²) in [4.78, 5) is 17.7. The van der Waals surface area contributed by atoms with Gasteiger partial charge < -0.3 is 9.91 Å². The molecule has 7 nitrogen and oxygen atoms in total. The van der Waals surface area contributed by atoms with E-state index >= 15 is 0 Å². The number of hydrogen-bond donors (Lipinski definition) is 0. The Morgan fingerprint density at radius 1 is 1.00 bits per heavy atom. The van der Waals surface area contributed by atoms with E-state index in [0.29, 0.717) is 5.82 Å².